The second-order valence-electron chi connectivity index (χ2n) is 7.52. The minimum absolute atomic E-state index is 0.0737. The van der Waals surface area contributed by atoms with Crippen LogP contribution in [-0.4, -0.2) is 60.4 Å². The summed E-state index contributed by atoms with van der Waals surface area (Å²) in [6.07, 6.45) is 8.84. The van der Waals surface area contributed by atoms with Gasteiger partial charge in [-0.15, -0.1) is 0 Å². The number of carbonyl (C=O) groups is 1. The molecule has 1 amide bonds. The van der Waals surface area contributed by atoms with Crippen LogP contribution in [0.25, 0.3) is 0 Å². The molecule has 23 heavy (non-hydrogen) atoms. The lowest BCUT2D eigenvalue weighted by molar-refractivity contribution is -0.124. The van der Waals surface area contributed by atoms with Crippen molar-refractivity contribution >= 4 is 5.91 Å². The number of aliphatic hydroxyl groups excluding tert-OH is 1. The molecule has 0 bridgehead atoms. The number of hydrogen-bond donors (Lipinski definition) is 2. The van der Waals surface area contributed by atoms with Crippen LogP contribution in [0, 0.1) is 5.92 Å². The lowest BCUT2D eigenvalue weighted by Crippen LogP contribution is -2.52. The van der Waals surface area contributed by atoms with Crippen molar-refractivity contribution < 1.29 is 14.6 Å². The third kappa shape index (κ3) is 4.68. The van der Waals surface area contributed by atoms with E-state index in [9.17, 15) is 9.90 Å². The van der Waals surface area contributed by atoms with E-state index >= 15 is 0 Å². The molecule has 132 valence electrons. The van der Waals surface area contributed by atoms with Crippen molar-refractivity contribution in [2.24, 2.45) is 5.92 Å². The van der Waals surface area contributed by atoms with Gasteiger partial charge in [0.25, 0.3) is 0 Å². The summed E-state index contributed by atoms with van der Waals surface area (Å²) in [6.45, 7) is 3.76. The van der Waals surface area contributed by atoms with Crippen molar-refractivity contribution in [2.75, 3.05) is 26.3 Å². The highest BCUT2D eigenvalue weighted by molar-refractivity contribution is 5.76. The number of amides is 1. The molecular weight excluding hydrogens is 292 g/mol. The third-order valence-electron chi connectivity index (χ3n) is 5.84. The molecule has 1 saturated carbocycles. The van der Waals surface area contributed by atoms with E-state index in [1.54, 1.807) is 0 Å². The fourth-order valence-corrected chi connectivity index (χ4v) is 4.44. The Bertz CT molecular complexity index is 378. The Morgan fingerprint density at radius 2 is 1.74 bits per heavy atom. The van der Waals surface area contributed by atoms with E-state index in [1.807, 2.05) is 0 Å². The molecule has 5 nitrogen and oxygen atoms in total. The predicted molar refractivity (Wildman–Crippen MR) is 89.2 cm³/mol. The van der Waals surface area contributed by atoms with Crippen molar-refractivity contribution in [3.05, 3.63) is 0 Å². The number of nitrogens with zero attached hydrogens (tertiary/aromatic N) is 1. The van der Waals surface area contributed by atoms with Crippen molar-refractivity contribution in [3.63, 3.8) is 0 Å². The number of ether oxygens (including phenoxy) is 1. The van der Waals surface area contributed by atoms with Gasteiger partial charge in [-0.25, -0.2) is 0 Å². The van der Waals surface area contributed by atoms with E-state index in [1.165, 1.54) is 12.8 Å². The summed E-state index contributed by atoms with van der Waals surface area (Å²) in [4.78, 5) is 14.8. The van der Waals surface area contributed by atoms with Crippen LogP contribution in [-0.2, 0) is 9.53 Å². The van der Waals surface area contributed by atoms with Gasteiger partial charge < -0.3 is 15.2 Å². The SMILES string of the molecule is O=C(CC1CCOCC1)N[C@@H]1CCCC[C@@H](N2CCCC2)[C@@H]1O. The van der Waals surface area contributed by atoms with Crippen molar-refractivity contribution in [3.8, 4) is 0 Å². The first-order chi connectivity index (χ1) is 11.2. The van der Waals surface area contributed by atoms with Gasteiger partial charge in [0.05, 0.1) is 12.1 Å². The molecular formula is C18H32N2O3. The molecule has 2 N–H and O–H groups in total. The van der Waals surface area contributed by atoms with E-state index < -0.39 is 6.10 Å². The van der Waals surface area contributed by atoms with Crippen LogP contribution < -0.4 is 5.32 Å². The molecule has 3 rings (SSSR count). The van der Waals surface area contributed by atoms with E-state index in [2.05, 4.69) is 10.2 Å². The van der Waals surface area contributed by atoms with Gasteiger partial charge in [-0.1, -0.05) is 12.8 Å². The lowest BCUT2D eigenvalue weighted by Gasteiger charge is -2.34. The summed E-state index contributed by atoms with van der Waals surface area (Å²) in [5.41, 5.74) is 0. The molecule has 0 unspecified atom stereocenters. The molecule has 0 aromatic carbocycles. The molecule has 1 aliphatic carbocycles. The van der Waals surface area contributed by atoms with Crippen molar-refractivity contribution in [2.45, 2.75) is 76.0 Å². The first-order valence-corrected chi connectivity index (χ1v) is 9.53. The lowest BCUT2D eigenvalue weighted by atomic mass is 9.95. The van der Waals surface area contributed by atoms with Crippen molar-refractivity contribution in [1.29, 1.82) is 0 Å². The van der Waals surface area contributed by atoms with E-state index in [0.29, 0.717) is 12.3 Å². The van der Waals surface area contributed by atoms with E-state index in [-0.39, 0.29) is 18.0 Å². The van der Waals surface area contributed by atoms with Gasteiger partial charge in [-0.3, -0.25) is 9.69 Å². The molecule has 5 heteroatoms. The second-order valence-corrected chi connectivity index (χ2v) is 7.52. The predicted octanol–water partition coefficient (Wildman–Crippen LogP) is 1.69. The maximum absolute atomic E-state index is 12.4. The Balaban J connectivity index is 1.53. The molecule has 0 spiro atoms. The van der Waals surface area contributed by atoms with Crippen LogP contribution in [0.3, 0.4) is 0 Å². The minimum atomic E-state index is -0.422. The van der Waals surface area contributed by atoms with E-state index in [4.69, 9.17) is 4.74 Å². The number of carbonyl (C=O) groups excluding carboxylic acids is 1. The zero-order valence-electron chi connectivity index (χ0n) is 14.2. The summed E-state index contributed by atoms with van der Waals surface area (Å²) in [5.74, 6) is 0.559. The normalized spacial score (nSPS) is 34.2. The number of rotatable bonds is 4. The van der Waals surface area contributed by atoms with Crippen LogP contribution in [0.4, 0.5) is 0 Å². The van der Waals surface area contributed by atoms with Gasteiger partial charge >= 0.3 is 0 Å². The first-order valence-electron chi connectivity index (χ1n) is 9.53. The van der Waals surface area contributed by atoms with E-state index in [0.717, 1.165) is 64.8 Å². The highest BCUT2D eigenvalue weighted by Gasteiger charge is 2.35. The monoisotopic (exact) mass is 324 g/mol. The Morgan fingerprint density at radius 1 is 1.04 bits per heavy atom. The average molecular weight is 324 g/mol. The summed E-state index contributed by atoms with van der Waals surface area (Å²) in [5, 5.41) is 14.0. The summed E-state index contributed by atoms with van der Waals surface area (Å²) in [6, 6.07) is 0.156. The fraction of sp³-hybridized carbons (Fsp3) is 0.944. The van der Waals surface area contributed by atoms with Crippen LogP contribution >= 0.6 is 0 Å². The van der Waals surface area contributed by atoms with Crippen LogP contribution in [0.1, 0.15) is 57.8 Å². The first kappa shape index (κ1) is 17.2. The molecule has 3 aliphatic rings. The quantitative estimate of drug-likeness (QED) is 0.773. The molecule has 3 fully saturated rings. The van der Waals surface area contributed by atoms with Gasteiger partial charge in [0.1, 0.15) is 0 Å². The van der Waals surface area contributed by atoms with Gasteiger partial charge in [-0.05, 0) is 57.5 Å². The molecule has 0 aromatic heterocycles. The number of nitrogens with one attached hydrogen (secondary N) is 1. The molecule has 2 aliphatic heterocycles. The summed E-state index contributed by atoms with van der Waals surface area (Å²) >= 11 is 0. The standard InChI is InChI=1S/C18H32N2O3/c21-17(13-14-7-11-23-12-8-14)19-15-5-1-2-6-16(18(15)22)20-9-3-4-10-20/h14-16,18,22H,1-13H2,(H,19,21)/t15-,16-,18-/m1/s1. The maximum Gasteiger partial charge on any atom is 0.220 e. The van der Waals surface area contributed by atoms with Crippen LogP contribution in [0.5, 0.6) is 0 Å². The zero-order chi connectivity index (χ0) is 16.1. The van der Waals surface area contributed by atoms with Crippen LogP contribution in [0.15, 0.2) is 0 Å². The van der Waals surface area contributed by atoms with Gasteiger partial charge in [0.2, 0.25) is 5.91 Å². The number of hydrogen-bond acceptors (Lipinski definition) is 4. The highest BCUT2D eigenvalue weighted by Crippen LogP contribution is 2.26. The summed E-state index contributed by atoms with van der Waals surface area (Å²) < 4.78 is 5.36. The Kier molecular flexibility index (Phi) is 6.31. The fourth-order valence-electron chi connectivity index (χ4n) is 4.44. The topological polar surface area (TPSA) is 61.8 Å². The largest absolute Gasteiger partial charge is 0.389 e. The molecule has 3 atom stereocenters. The molecule has 2 saturated heterocycles. The Hall–Kier alpha value is -0.650. The van der Waals surface area contributed by atoms with Gasteiger partial charge in [0.15, 0.2) is 0 Å². The minimum Gasteiger partial charge on any atom is -0.389 e. The Morgan fingerprint density at radius 3 is 2.48 bits per heavy atom. The van der Waals surface area contributed by atoms with Gasteiger partial charge in [-0.2, -0.15) is 0 Å². The highest BCUT2D eigenvalue weighted by atomic mass is 16.5. The molecule has 0 radical (unpaired) electrons. The summed E-state index contributed by atoms with van der Waals surface area (Å²) in [7, 11) is 0. The third-order valence-corrected chi connectivity index (χ3v) is 5.84. The average Bonchev–Trinajstić information content (AvgIpc) is 3.02. The number of aliphatic hydroxyl groups is 1. The smallest absolute Gasteiger partial charge is 0.220 e. The maximum atomic E-state index is 12.4. The zero-order valence-corrected chi connectivity index (χ0v) is 14.2. The molecule has 2 heterocycles. The molecule has 0 aromatic rings. The Labute approximate surface area is 139 Å². The second kappa shape index (κ2) is 8.45. The van der Waals surface area contributed by atoms with Crippen molar-refractivity contribution in [1.82, 2.24) is 10.2 Å². The van der Waals surface area contributed by atoms with Crippen LogP contribution in [0.2, 0.25) is 0 Å². The number of likely N-dealkylation sites (tertiary alicyclic amines) is 1. The van der Waals surface area contributed by atoms with Gasteiger partial charge in [0, 0.05) is 25.7 Å².